The molecule has 1 heterocycles. The molecule has 0 aliphatic rings. The quantitative estimate of drug-likeness (QED) is 0.927. The van der Waals surface area contributed by atoms with E-state index in [1.54, 1.807) is 0 Å². The van der Waals surface area contributed by atoms with Crippen LogP contribution < -0.4 is 10.5 Å². The molecule has 0 radical (unpaired) electrons. The van der Waals surface area contributed by atoms with Crippen molar-refractivity contribution in [3.05, 3.63) is 58.4 Å². The van der Waals surface area contributed by atoms with E-state index in [1.165, 1.54) is 0 Å². The van der Waals surface area contributed by atoms with E-state index in [9.17, 15) is 0 Å². The van der Waals surface area contributed by atoms with Gasteiger partial charge < -0.3 is 10.5 Å². The Balaban J connectivity index is 2.07. The number of hydrogen-bond donors (Lipinski definition) is 1. The molecular weight excluding hydrogens is 260 g/mol. The first-order valence-electron chi connectivity index (χ1n) is 6.16. The normalized spacial score (nSPS) is 12.2. The molecule has 0 aliphatic carbocycles. The summed E-state index contributed by atoms with van der Waals surface area (Å²) >= 11 is 6.17. The maximum atomic E-state index is 6.17. The molecule has 0 amide bonds. The van der Waals surface area contributed by atoms with Gasteiger partial charge in [0, 0.05) is 11.7 Å². The lowest BCUT2D eigenvalue weighted by Gasteiger charge is -2.11. The summed E-state index contributed by atoms with van der Waals surface area (Å²) in [7, 11) is 0. The molecule has 4 heteroatoms. The molecule has 100 valence electrons. The number of nitrogens with zero attached hydrogens (tertiary/aromatic N) is 1. The fourth-order valence-corrected chi connectivity index (χ4v) is 1.99. The molecule has 2 aromatic rings. The lowest BCUT2D eigenvalue weighted by Crippen LogP contribution is -2.05. The monoisotopic (exact) mass is 276 g/mol. The first-order chi connectivity index (χ1) is 9.06. The van der Waals surface area contributed by atoms with Crippen molar-refractivity contribution in [1.82, 2.24) is 4.98 Å². The predicted molar refractivity (Wildman–Crippen MR) is 77.4 cm³/mol. The molecule has 0 unspecified atom stereocenters. The molecule has 2 rings (SSSR count). The van der Waals surface area contributed by atoms with E-state index in [2.05, 4.69) is 4.98 Å². The predicted octanol–water partition coefficient (Wildman–Crippen LogP) is 3.64. The SMILES string of the molecule is Cc1cccc(COc2ccc([C@H](C)N)cc2Cl)n1. The molecule has 1 aromatic heterocycles. The maximum absolute atomic E-state index is 6.17. The average molecular weight is 277 g/mol. The van der Waals surface area contributed by atoms with Gasteiger partial charge in [0.15, 0.2) is 0 Å². The van der Waals surface area contributed by atoms with Crippen molar-refractivity contribution in [1.29, 1.82) is 0 Å². The summed E-state index contributed by atoms with van der Waals surface area (Å²) in [6, 6.07) is 11.4. The second-order valence-electron chi connectivity index (χ2n) is 4.54. The van der Waals surface area contributed by atoms with E-state index in [1.807, 2.05) is 50.2 Å². The Morgan fingerprint density at radius 3 is 2.74 bits per heavy atom. The van der Waals surface area contributed by atoms with E-state index in [4.69, 9.17) is 22.1 Å². The highest BCUT2D eigenvalue weighted by Gasteiger charge is 2.06. The Bertz CT molecular complexity index is 570. The Hall–Kier alpha value is -1.58. The zero-order valence-corrected chi connectivity index (χ0v) is 11.8. The van der Waals surface area contributed by atoms with Crippen molar-refractivity contribution >= 4 is 11.6 Å². The van der Waals surface area contributed by atoms with Gasteiger partial charge in [-0.3, -0.25) is 4.98 Å². The molecule has 2 N–H and O–H groups in total. The number of pyridine rings is 1. The van der Waals surface area contributed by atoms with E-state index in [0.717, 1.165) is 17.0 Å². The summed E-state index contributed by atoms with van der Waals surface area (Å²) in [5, 5.41) is 0.572. The summed E-state index contributed by atoms with van der Waals surface area (Å²) in [6.07, 6.45) is 0. The second kappa shape index (κ2) is 6.04. The Labute approximate surface area is 118 Å². The van der Waals surface area contributed by atoms with Crippen LogP contribution in [0.4, 0.5) is 0 Å². The minimum Gasteiger partial charge on any atom is -0.486 e. The van der Waals surface area contributed by atoms with Crippen LogP contribution in [0.15, 0.2) is 36.4 Å². The van der Waals surface area contributed by atoms with Crippen LogP contribution in [0.1, 0.15) is 29.9 Å². The fourth-order valence-electron chi connectivity index (χ4n) is 1.75. The molecule has 0 fully saturated rings. The zero-order chi connectivity index (χ0) is 13.8. The average Bonchev–Trinajstić information content (AvgIpc) is 2.37. The lowest BCUT2D eigenvalue weighted by molar-refractivity contribution is 0.301. The lowest BCUT2D eigenvalue weighted by atomic mass is 10.1. The fraction of sp³-hybridized carbons (Fsp3) is 0.267. The molecular formula is C15H17ClN2O. The van der Waals surface area contributed by atoms with Crippen LogP contribution in [-0.4, -0.2) is 4.98 Å². The largest absolute Gasteiger partial charge is 0.486 e. The summed E-state index contributed by atoms with van der Waals surface area (Å²) in [4.78, 5) is 4.38. The summed E-state index contributed by atoms with van der Waals surface area (Å²) in [6.45, 7) is 4.27. The van der Waals surface area contributed by atoms with Crippen molar-refractivity contribution in [2.24, 2.45) is 5.73 Å². The molecule has 0 aliphatic heterocycles. The van der Waals surface area contributed by atoms with Gasteiger partial charge >= 0.3 is 0 Å². The van der Waals surface area contributed by atoms with Gasteiger partial charge in [-0.25, -0.2) is 0 Å². The van der Waals surface area contributed by atoms with E-state index in [0.29, 0.717) is 17.4 Å². The van der Waals surface area contributed by atoms with Crippen LogP contribution in [0.3, 0.4) is 0 Å². The number of halogens is 1. The zero-order valence-electron chi connectivity index (χ0n) is 11.1. The smallest absolute Gasteiger partial charge is 0.138 e. The third kappa shape index (κ3) is 3.69. The molecule has 0 bridgehead atoms. The summed E-state index contributed by atoms with van der Waals surface area (Å²) < 4.78 is 5.68. The van der Waals surface area contributed by atoms with E-state index >= 15 is 0 Å². The highest BCUT2D eigenvalue weighted by molar-refractivity contribution is 6.32. The molecule has 1 aromatic carbocycles. The number of nitrogens with two attached hydrogens (primary N) is 1. The van der Waals surface area contributed by atoms with Crippen LogP contribution >= 0.6 is 11.6 Å². The number of ether oxygens (including phenoxy) is 1. The van der Waals surface area contributed by atoms with Gasteiger partial charge in [0.25, 0.3) is 0 Å². The van der Waals surface area contributed by atoms with Gasteiger partial charge in [-0.05, 0) is 43.7 Å². The molecule has 1 atom stereocenters. The number of benzene rings is 1. The minimum atomic E-state index is -0.0370. The second-order valence-corrected chi connectivity index (χ2v) is 4.94. The Morgan fingerprint density at radius 1 is 1.32 bits per heavy atom. The molecule has 19 heavy (non-hydrogen) atoms. The maximum Gasteiger partial charge on any atom is 0.138 e. The number of aromatic nitrogens is 1. The van der Waals surface area contributed by atoms with Crippen LogP contribution in [0.2, 0.25) is 5.02 Å². The van der Waals surface area contributed by atoms with Crippen LogP contribution in [-0.2, 0) is 6.61 Å². The third-order valence-electron chi connectivity index (χ3n) is 2.80. The number of hydrogen-bond acceptors (Lipinski definition) is 3. The van der Waals surface area contributed by atoms with Gasteiger partial charge in [0.2, 0.25) is 0 Å². The van der Waals surface area contributed by atoms with Crippen molar-refractivity contribution < 1.29 is 4.74 Å². The summed E-state index contributed by atoms with van der Waals surface area (Å²) in [5.74, 6) is 0.648. The van der Waals surface area contributed by atoms with Crippen molar-refractivity contribution in [2.45, 2.75) is 26.5 Å². The van der Waals surface area contributed by atoms with Crippen LogP contribution in [0.5, 0.6) is 5.75 Å². The third-order valence-corrected chi connectivity index (χ3v) is 3.10. The van der Waals surface area contributed by atoms with Crippen LogP contribution in [0, 0.1) is 6.92 Å². The van der Waals surface area contributed by atoms with Crippen molar-refractivity contribution in [3.8, 4) is 5.75 Å². The minimum absolute atomic E-state index is 0.0370. The highest BCUT2D eigenvalue weighted by Crippen LogP contribution is 2.27. The first-order valence-corrected chi connectivity index (χ1v) is 6.54. The molecule has 0 saturated carbocycles. The Kier molecular flexibility index (Phi) is 4.40. The topological polar surface area (TPSA) is 48.1 Å². The molecule has 3 nitrogen and oxygen atoms in total. The Morgan fingerprint density at radius 2 is 2.11 bits per heavy atom. The molecule has 0 spiro atoms. The first kappa shape index (κ1) is 13.8. The van der Waals surface area contributed by atoms with Crippen molar-refractivity contribution in [3.63, 3.8) is 0 Å². The van der Waals surface area contributed by atoms with Crippen molar-refractivity contribution in [2.75, 3.05) is 0 Å². The van der Waals surface area contributed by atoms with E-state index in [-0.39, 0.29) is 6.04 Å². The van der Waals surface area contributed by atoms with Gasteiger partial charge in [-0.1, -0.05) is 23.7 Å². The van der Waals surface area contributed by atoms with Crippen LogP contribution in [0.25, 0.3) is 0 Å². The van der Waals surface area contributed by atoms with Gasteiger partial charge in [-0.15, -0.1) is 0 Å². The standard InChI is InChI=1S/C15H17ClN2O/c1-10-4-3-5-13(18-10)9-19-15-7-6-12(11(2)17)8-14(15)16/h3-8,11H,9,17H2,1-2H3/t11-/m0/s1. The highest BCUT2D eigenvalue weighted by atomic mass is 35.5. The molecule has 0 saturated heterocycles. The number of aryl methyl sites for hydroxylation is 1. The van der Waals surface area contributed by atoms with E-state index < -0.39 is 0 Å². The van der Waals surface area contributed by atoms with Gasteiger partial charge in [-0.2, -0.15) is 0 Å². The summed E-state index contributed by atoms with van der Waals surface area (Å²) in [5.41, 5.74) is 8.65. The van der Waals surface area contributed by atoms with Gasteiger partial charge in [0.05, 0.1) is 10.7 Å². The van der Waals surface area contributed by atoms with Gasteiger partial charge in [0.1, 0.15) is 12.4 Å². The number of rotatable bonds is 4.